The lowest BCUT2D eigenvalue weighted by Crippen LogP contribution is -2.52. The molecule has 2 unspecified atom stereocenters. The van der Waals surface area contributed by atoms with E-state index in [1.165, 1.54) is 0 Å². The van der Waals surface area contributed by atoms with Crippen molar-refractivity contribution in [3.8, 4) is 0 Å². The lowest BCUT2D eigenvalue weighted by atomic mass is 9.93. The molecule has 2 aliphatic rings. The highest BCUT2D eigenvalue weighted by Gasteiger charge is 2.36. The molecule has 0 aromatic heterocycles. The zero-order valence-electron chi connectivity index (χ0n) is 13.3. The van der Waals surface area contributed by atoms with E-state index in [4.69, 9.17) is 11.6 Å². The van der Waals surface area contributed by atoms with Gasteiger partial charge in [-0.1, -0.05) is 29.8 Å². The van der Waals surface area contributed by atoms with Crippen molar-refractivity contribution in [3.63, 3.8) is 0 Å². The predicted molar refractivity (Wildman–Crippen MR) is 89.1 cm³/mol. The summed E-state index contributed by atoms with van der Waals surface area (Å²) >= 11 is 6.33. The molecule has 2 saturated heterocycles. The van der Waals surface area contributed by atoms with Gasteiger partial charge in [0.25, 0.3) is 0 Å². The highest BCUT2D eigenvalue weighted by Crippen LogP contribution is 2.31. The summed E-state index contributed by atoms with van der Waals surface area (Å²) in [6, 6.07) is 7.59. The zero-order chi connectivity index (χ0) is 16.4. The maximum atomic E-state index is 13.0. The van der Waals surface area contributed by atoms with Crippen LogP contribution in [0.3, 0.4) is 0 Å². The summed E-state index contributed by atoms with van der Waals surface area (Å²) in [5, 5.41) is 4.02. The number of piperidine rings is 1. The Morgan fingerprint density at radius 2 is 2.09 bits per heavy atom. The first-order chi connectivity index (χ1) is 11.1. The molecule has 23 heavy (non-hydrogen) atoms. The highest BCUT2D eigenvalue weighted by atomic mass is 35.5. The molecule has 124 valence electrons. The number of hydrogen-bond acceptors (Lipinski definition) is 3. The van der Waals surface area contributed by atoms with Gasteiger partial charge in [-0.05, 0) is 18.1 Å². The third-order valence-electron chi connectivity index (χ3n) is 4.80. The van der Waals surface area contributed by atoms with Crippen LogP contribution in [0.5, 0.6) is 0 Å². The second kappa shape index (κ2) is 6.89. The Balaban J connectivity index is 1.80. The van der Waals surface area contributed by atoms with Gasteiger partial charge in [-0.15, -0.1) is 0 Å². The summed E-state index contributed by atoms with van der Waals surface area (Å²) in [7, 11) is 1.79. The number of hydrogen-bond donors (Lipinski definition) is 1. The van der Waals surface area contributed by atoms with Crippen molar-refractivity contribution in [1.29, 1.82) is 0 Å². The Labute approximate surface area is 141 Å². The third-order valence-corrected chi connectivity index (χ3v) is 5.14. The molecule has 2 aliphatic heterocycles. The number of carbonyl (C=O) groups is 2. The van der Waals surface area contributed by atoms with Gasteiger partial charge in [-0.2, -0.15) is 0 Å². The first-order valence-corrected chi connectivity index (χ1v) is 8.45. The monoisotopic (exact) mass is 335 g/mol. The Hall–Kier alpha value is -1.59. The molecule has 6 heteroatoms. The van der Waals surface area contributed by atoms with Crippen LogP contribution in [0.1, 0.15) is 24.4 Å². The number of amides is 2. The van der Waals surface area contributed by atoms with Crippen LogP contribution in [-0.4, -0.2) is 54.8 Å². The standard InChI is InChI=1S/C17H22ClN3O2/c1-20-8-6-12(10-16(20)22)17(23)21-9-7-19-11-15(21)13-4-2-3-5-14(13)18/h2-5,12,15,19H,6-11H2,1H3. The van der Waals surface area contributed by atoms with Crippen molar-refractivity contribution in [2.75, 3.05) is 33.2 Å². The van der Waals surface area contributed by atoms with Gasteiger partial charge < -0.3 is 15.1 Å². The van der Waals surface area contributed by atoms with Gasteiger partial charge in [0.05, 0.1) is 6.04 Å². The average Bonchev–Trinajstić information content (AvgIpc) is 2.57. The maximum absolute atomic E-state index is 13.0. The van der Waals surface area contributed by atoms with Gasteiger partial charge in [0.1, 0.15) is 0 Å². The fourth-order valence-electron chi connectivity index (χ4n) is 3.38. The van der Waals surface area contributed by atoms with Crippen molar-refractivity contribution in [1.82, 2.24) is 15.1 Å². The van der Waals surface area contributed by atoms with Crippen LogP contribution in [0.25, 0.3) is 0 Å². The summed E-state index contributed by atoms with van der Waals surface area (Å²) in [6.45, 7) is 2.76. The molecule has 5 nitrogen and oxygen atoms in total. The van der Waals surface area contributed by atoms with Gasteiger partial charge in [0.2, 0.25) is 11.8 Å². The van der Waals surface area contributed by atoms with Gasteiger partial charge in [-0.25, -0.2) is 0 Å². The van der Waals surface area contributed by atoms with E-state index >= 15 is 0 Å². The van der Waals surface area contributed by atoms with Crippen molar-refractivity contribution < 1.29 is 9.59 Å². The summed E-state index contributed by atoms with van der Waals surface area (Å²) in [4.78, 5) is 28.5. The van der Waals surface area contributed by atoms with E-state index in [0.29, 0.717) is 31.1 Å². The molecule has 2 amide bonds. The van der Waals surface area contributed by atoms with Crippen LogP contribution >= 0.6 is 11.6 Å². The molecule has 1 aromatic carbocycles. The maximum Gasteiger partial charge on any atom is 0.226 e. The van der Waals surface area contributed by atoms with Crippen molar-refractivity contribution in [3.05, 3.63) is 34.9 Å². The van der Waals surface area contributed by atoms with E-state index in [0.717, 1.165) is 18.5 Å². The first kappa shape index (κ1) is 16.3. The van der Waals surface area contributed by atoms with E-state index in [1.54, 1.807) is 11.9 Å². The van der Waals surface area contributed by atoms with E-state index in [1.807, 2.05) is 29.2 Å². The molecule has 1 N–H and O–H groups in total. The van der Waals surface area contributed by atoms with E-state index in [9.17, 15) is 9.59 Å². The van der Waals surface area contributed by atoms with E-state index < -0.39 is 0 Å². The molecular formula is C17H22ClN3O2. The molecule has 0 spiro atoms. The average molecular weight is 336 g/mol. The molecule has 1 aromatic rings. The van der Waals surface area contributed by atoms with Gasteiger partial charge >= 0.3 is 0 Å². The van der Waals surface area contributed by atoms with Crippen LogP contribution in [0, 0.1) is 5.92 Å². The normalized spacial score (nSPS) is 25.6. The summed E-state index contributed by atoms with van der Waals surface area (Å²) < 4.78 is 0. The van der Waals surface area contributed by atoms with E-state index in [-0.39, 0.29) is 23.8 Å². The van der Waals surface area contributed by atoms with Gasteiger partial charge in [0, 0.05) is 50.6 Å². The third kappa shape index (κ3) is 3.35. The van der Waals surface area contributed by atoms with Gasteiger partial charge in [-0.3, -0.25) is 9.59 Å². The number of piperazine rings is 1. The largest absolute Gasteiger partial charge is 0.346 e. The number of rotatable bonds is 2. The fraction of sp³-hybridized carbons (Fsp3) is 0.529. The van der Waals surface area contributed by atoms with Crippen LogP contribution in [0.2, 0.25) is 5.02 Å². The molecular weight excluding hydrogens is 314 g/mol. The molecule has 0 aliphatic carbocycles. The van der Waals surface area contributed by atoms with Crippen LogP contribution in [0.4, 0.5) is 0 Å². The Morgan fingerprint density at radius 3 is 2.83 bits per heavy atom. The van der Waals surface area contributed by atoms with Crippen molar-refractivity contribution in [2.45, 2.75) is 18.9 Å². The molecule has 2 fully saturated rings. The summed E-state index contributed by atoms with van der Waals surface area (Å²) in [5.41, 5.74) is 0.967. The smallest absolute Gasteiger partial charge is 0.226 e. The first-order valence-electron chi connectivity index (χ1n) is 8.07. The second-order valence-electron chi connectivity index (χ2n) is 6.28. The van der Waals surface area contributed by atoms with Crippen molar-refractivity contribution >= 4 is 23.4 Å². The van der Waals surface area contributed by atoms with Crippen LogP contribution < -0.4 is 5.32 Å². The van der Waals surface area contributed by atoms with Crippen LogP contribution in [0.15, 0.2) is 24.3 Å². The minimum atomic E-state index is -0.207. The van der Waals surface area contributed by atoms with Crippen molar-refractivity contribution in [2.24, 2.45) is 5.92 Å². The Kier molecular flexibility index (Phi) is 4.87. The molecule has 0 bridgehead atoms. The Bertz CT molecular complexity index is 607. The number of benzene rings is 1. The number of nitrogens with one attached hydrogen (secondary N) is 1. The Morgan fingerprint density at radius 1 is 1.30 bits per heavy atom. The second-order valence-corrected chi connectivity index (χ2v) is 6.69. The zero-order valence-corrected chi connectivity index (χ0v) is 14.1. The molecule has 3 rings (SSSR count). The lowest BCUT2D eigenvalue weighted by molar-refractivity contribution is -0.146. The highest BCUT2D eigenvalue weighted by molar-refractivity contribution is 6.31. The fourth-order valence-corrected chi connectivity index (χ4v) is 3.64. The molecule has 0 radical (unpaired) electrons. The summed E-state index contributed by atoms with van der Waals surface area (Å²) in [5.74, 6) is -0.0707. The number of carbonyl (C=O) groups excluding carboxylic acids is 2. The summed E-state index contributed by atoms with van der Waals surface area (Å²) in [6.07, 6.45) is 1.05. The number of halogens is 1. The number of nitrogens with zero attached hydrogens (tertiary/aromatic N) is 2. The molecule has 2 atom stereocenters. The molecule has 2 heterocycles. The topological polar surface area (TPSA) is 52.7 Å². The lowest BCUT2D eigenvalue weighted by Gasteiger charge is -2.40. The van der Waals surface area contributed by atoms with Crippen LogP contribution in [-0.2, 0) is 9.59 Å². The van der Waals surface area contributed by atoms with E-state index in [2.05, 4.69) is 5.32 Å². The molecule has 0 saturated carbocycles. The quantitative estimate of drug-likeness (QED) is 0.894. The SMILES string of the molecule is CN1CCC(C(=O)N2CCNCC2c2ccccc2Cl)CC1=O. The predicted octanol–water partition coefficient (Wildman–Crippen LogP) is 1.68. The minimum absolute atomic E-state index is 0.0547. The number of likely N-dealkylation sites (tertiary alicyclic amines) is 1. The van der Waals surface area contributed by atoms with Gasteiger partial charge in [0.15, 0.2) is 0 Å². The minimum Gasteiger partial charge on any atom is -0.346 e.